The Bertz CT molecular complexity index is 49.0. The molecule has 0 N–H and O–H groups in total. The predicted molar refractivity (Wildman–Crippen MR) is 27.0 cm³/mol. The highest BCUT2D eigenvalue weighted by Crippen LogP contribution is 1.90. The van der Waals surface area contributed by atoms with Gasteiger partial charge < -0.3 is 9.11 Å². The largest absolute Gasteiger partial charge is 0.354 e. The van der Waals surface area contributed by atoms with Gasteiger partial charge in [-0.3, -0.25) is 0 Å². The first-order valence-electron chi connectivity index (χ1n) is 2.27. The van der Waals surface area contributed by atoms with Crippen LogP contribution in [0.25, 0.3) is 0 Å². The fourth-order valence-corrected chi connectivity index (χ4v) is 0.278. The Labute approximate surface area is 43.2 Å². The van der Waals surface area contributed by atoms with E-state index in [1.807, 2.05) is 0 Å². The van der Waals surface area contributed by atoms with Crippen molar-refractivity contribution in [3.8, 4) is 0 Å². The van der Waals surface area contributed by atoms with E-state index < -0.39 is 0 Å². The first-order valence-corrected chi connectivity index (χ1v) is 2.27. The van der Waals surface area contributed by atoms with Crippen molar-refractivity contribution in [1.82, 2.24) is 0 Å². The number of aldehydes is 1. The maximum absolute atomic E-state index is 11.1. The summed E-state index contributed by atoms with van der Waals surface area (Å²) in [7, 11) is 0.573. The molecule has 0 unspecified atom stereocenters. The van der Waals surface area contributed by atoms with Crippen LogP contribution in [-0.4, -0.2) is 13.8 Å². The summed E-state index contributed by atoms with van der Waals surface area (Å²) in [5, 5.41) is 0. The zero-order valence-corrected chi connectivity index (χ0v) is 4.06. The molecule has 0 aliphatic carbocycles. The van der Waals surface area contributed by atoms with Gasteiger partial charge in [0, 0.05) is 6.42 Å². The van der Waals surface area contributed by atoms with Gasteiger partial charge >= 0.3 is 7.56 Å². The molecule has 1 nitrogen and oxygen atoms in total. The summed E-state index contributed by atoms with van der Waals surface area (Å²) in [6.45, 7) is 0. The summed E-state index contributed by atoms with van der Waals surface area (Å²) < 4.78 is 11.1. The molecule has 0 aromatic carbocycles. The van der Waals surface area contributed by atoms with E-state index in [9.17, 15) is 9.11 Å². The highest BCUT2D eigenvalue weighted by Gasteiger charge is 1.86. The fraction of sp³-hybridized carbons (Fsp3) is 0.750. The van der Waals surface area contributed by atoms with E-state index in [-0.39, 0.29) is 0 Å². The van der Waals surface area contributed by atoms with E-state index >= 15 is 0 Å². The van der Waals surface area contributed by atoms with Gasteiger partial charge in [0.2, 0.25) is 0 Å². The monoisotopic (exact) mass is 101 g/mol. The van der Waals surface area contributed by atoms with Crippen molar-refractivity contribution in [1.29, 1.82) is 0 Å². The van der Waals surface area contributed by atoms with Crippen molar-refractivity contribution in [2.24, 2.45) is 0 Å². The molecule has 0 saturated carbocycles. The molecule has 0 amide bonds. The molecule has 0 spiro atoms. The van der Waals surface area contributed by atoms with Gasteiger partial charge in [0.15, 0.2) is 0 Å². The first-order chi connectivity index (χ1) is 3.41. The van der Waals surface area contributed by atoms with E-state index in [0.717, 1.165) is 6.29 Å². The standard InChI is InChI=1S/C4H7BFO/c6-5-3-1-2-4-7/h4H,1-3H2. The van der Waals surface area contributed by atoms with Gasteiger partial charge in [-0.1, -0.05) is 6.42 Å². The maximum Gasteiger partial charge on any atom is 0.354 e. The molecule has 0 saturated heterocycles. The molecule has 39 valence electrons. The highest BCUT2D eigenvalue weighted by atomic mass is 19.1. The number of carbonyl (C=O) groups excluding carboxylic acids is 1. The first kappa shape index (κ1) is 6.66. The Morgan fingerprint density at radius 1 is 1.71 bits per heavy atom. The van der Waals surface area contributed by atoms with Crippen molar-refractivity contribution in [2.45, 2.75) is 19.2 Å². The van der Waals surface area contributed by atoms with Gasteiger partial charge in [0.1, 0.15) is 6.29 Å². The Kier molecular flexibility index (Phi) is 5.39. The highest BCUT2D eigenvalue weighted by molar-refractivity contribution is 6.25. The topological polar surface area (TPSA) is 17.1 Å². The zero-order valence-electron chi connectivity index (χ0n) is 4.06. The van der Waals surface area contributed by atoms with Crippen LogP contribution >= 0.6 is 0 Å². The Morgan fingerprint density at radius 2 is 2.43 bits per heavy atom. The van der Waals surface area contributed by atoms with E-state index in [0.29, 0.717) is 26.7 Å². The number of hydrogen-bond donors (Lipinski definition) is 0. The SMILES string of the molecule is O=CCCC[B]F. The molecule has 7 heavy (non-hydrogen) atoms. The van der Waals surface area contributed by atoms with Crippen molar-refractivity contribution >= 4 is 13.8 Å². The Hall–Kier alpha value is -0.335. The number of rotatable bonds is 4. The molecule has 0 aliphatic heterocycles. The second kappa shape index (κ2) is 5.66. The second-order valence-corrected chi connectivity index (χ2v) is 1.25. The lowest BCUT2D eigenvalue weighted by Gasteiger charge is -1.81. The molecule has 0 heterocycles. The average Bonchev–Trinajstić information content (AvgIpc) is 1.69. The van der Waals surface area contributed by atoms with Gasteiger partial charge in [-0.2, -0.15) is 0 Å². The third-order valence-electron chi connectivity index (χ3n) is 0.635. The predicted octanol–water partition coefficient (Wildman–Crippen LogP) is 0.972. The minimum atomic E-state index is 0.402. The zero-order chi connectivity index (χ0) is 5.54. The van der Waals surface area contributed by atoms with E-state index in [1.165, 1.54) is 0 Å². The lowest BCUT2D eigenvalue weighted by molar-refractivity contribution is -0.107. The van der Waals surface area contributed by atoms with Crippen LogP contribution in [0.3, 0.4) is 0 Å². The second-order valence-electron chi connectivity index (χ2n) is 1.25. The quantitative estimate of drug-likeness (QED) is 0.293. The Balaban J connectivity index is 2.56. The van der Waals surface area contributed by atoms with Gasteiger partial charge in [0.05, 0.1) is 0 Å². The molecule has 0 aliphatic rings. The third-order valence-corrected chi connectivity index (χ3v) is 0.635. The van der Waals surface area contributed by atoms with Crippen LogP contribution in [0.2, 0.25) is 6.32 Å². The van der Waals surface area contributed by atoms with Crippen molar-refractivity contribution in [3.05, 3.63) is 0 Å². The molecule has 0 aromatic heterocycles. The van der Waals surface area contributed by atoms with Crippen LogP contribution in [0.5, 0.6) is 0 Å². The van der Waals surface area contributed by atoms with Crippen LogP contribution in [-0.2, 0) is 4.79 Å². The molecule has 0 aromatic rings. The number of halogens is 1. The van der Waals surface area contributed by atoms with Crippen molar-refractivity contribution in [2.75, 3.05) is 0 Å². The summed E-state index contributed by atoms with van der Waals surface area (Å²) >= 11 is 0. The lowest BCUT2D eigenvalue weighted by atomic mass is 9.96. The summed E-state index contributed by atoms with van der Waals surface area (Å²) in [4.78, 5) is 9.54. The van der Waals surface area contributed by atoms with Gasteiger partial charge in [-0.15, -0.1) is 0 Å². The van der Waals surface area contributed by atoms with Gasteiger partial charge in [-0.05, 0) is 6.32 Å². The lowest BCUT2D eigenvalue weighted by Crippen LogP contribution is -1.79. The number of unbranched alkanes of at least 4 members (excludes halogenated alkanes) is 1. The summed E-state index contributed by atoms with van der Waals surface area (Å²) in [6.07, 6.45) is 2.31. The normalized spacial score (nSPS) is 8.14. The maximum atomic E-state index is 11.1. The van der Waals surface area contributed by atoms with Crippen LogP contribution < -0.4 is 0 Å². The molecular formula is C4H7BFO. The minimum absolute atomic E-state index is 0.402. The van der Waals surface area contributed by atoms with Crippen molar-refractivity contribution < 1.29 is 9.11 Å². The molecule has 0 atom stereocenters. The fourth-order valence-electron chi connectivity index (χ4n) is 0.278. The molecule has 3 heteroatoms. The summed E-state index contributed by atoms with van der Waals surface area (Å²) in [5.41, 5.74) is 0. The van der Waals surface area contributed by atoms with E-state index in [1.54, 1.807) is 0 Å². The third kappa shape index (κ3) is 5.66. The molecule has 0 bridgehead atoms. The number of carbonyl (C=O) groups is 1. The molecule has 0 fully saturated rings. The van der Waals surface area contributed by atoms with Gasteiger partial charge in [0.25, 0.3) is 0 Å². The Morgan fingerprint density at radius 3 is 2.86 bits per heavy atom. The summed E-state index contributed by atoms with van der Waals surface area (Å²) in [6, 6.07) is 0. The number of hydrogen-bond acceptors (Lipinski definition) is 1. The average molecular weight is 101 g/mol. The molecule has 0 rings (SSSR count). The van der Waals surface area contributed by atoms with Crippen LogP contribution in [0.4, 0.5) is 4.32 Å². The van der Waals surface area contributed by atoms with Crippen LogP contribution in [0, 0.1) is 0 Å². The summed E-state index contributed by atoms with van der Waals surface area (Å²) in [5.74, 6) is 0. The van der Waals surface area contributed by atoms with Gasteiger partial charge in [-0.25, -0.2) is 0 Å². The van der Waals surface area contributed by atoms with Crippen LogP contribution in [0.15, 0.2) is 0 Å². The minimum Gasteiger partial charge on any atom is -0.343 e. The van der Waals surface area contributed by atoms with Crippen molar-refractivity contribution in [3.63, 3.8) is 0 Å². The van der Waals surface area contributed by atoms with Crippen LogP contribution in [0.1, 0.15) is 12.8 Å². The smallest absolute Gasteiger partial charge is 0.343 e. The molecular weight excluding hydrogens is 93.9 g/mol. The van der Waals surface area contributed by atoms with E-state index in [4.69, 9.17) is 0 Å². The van der Waals surface area contributed by atoms with E-state index in [2.05, 4.69) is 0 Å². The molecule has 1 radical (unpaired) electrons.